The van der Waals surface area contributed by atoms with Gasteiger partial charge in [-0.1, -0.05) is 11.6 Å². The van der Waals surface area contributed by atoms with Crippen LogP contribution in [0.3, 0.4) is 0 Å². The van der Waals surface area contributed by atoms with Gasteiger partial charge in [-0.05, 0) is 19.1 Å². The van der Waals surface area contributed by atoms with Crippen LogP contribution in [0.1, 0.15) is 18.9 Å². The second kappa shape index (κ2) is 5.93. The second-order valence-corrected chi connectivity index (χ2v) is 5.31. The van der Waals surface area contributed by atoms with Crippen LogP contribution in [0.5, 0.6) is 0 Å². The molecule has 3 N–H and O–H groups in total. The molecule has 2 aromatic heterocycles. The standard InChI is InChI=1S/C14H11ClFN5O3/c1-6(24-14(17)23)12-19-11-8(4-7(16)5-9(11)15)13(22)21(12)10-2-3-18-20-10/h2-6H,1H3,(H2,17,23)(H,18,20)/t6-/m0/s1. The van der Waals surface area contributed by atoms with Gasteiger partial charge in [0.15, 0.2) is 17.7 Å². The van der Waals surface area contributed by atoms with Gasteiger partial charge in [-0.2, -0.15) is 5.10 Å². The highest BCUT2D eigenvalue weighted by molar-refractivity contribution is 6.35. The number of ether oxygens (including phenoxy) is 1. The van der Waals surface area contributed by atoms with Gasteiger partial charge in [0.25, 0.3) is 5.56 Å². The van der Waals surface area contributed by atoms with Gasteiger partial charge in [-0.15, -0.1) is 0 Å². The van der Waals surface area contributed by atoms with Gasteiger partial charge in [-0.25, -0.2) is 18.7 Å². The highest BCUT2D eigenvalue weighted by Crippen LogP contribution is 2.25. The number of benzene rings is 1. The van der Waals surface area contributed by atoms with Crippen molar-refractivity contribution in [3.63, 3.8) is 0 Å². The van der Waals surface area contributed by atoms with Crippen molar-refractivity contribution in [2.45, 2.75) is 13.0 Å². The number of carbonyl (C=O) groups is 1. The molecule has 0 spiro atoms. The number of halogens is 2. The summed E-state index contributed by atoms with van der Waals surface area (Å²) in [4.78, 5) is 28.1. The molecule has 3 rings (SSSR count). The molecule has 124 valence electrons. The Balaban J connectivity index is 2.38. The number of hydrogen-bond acceptors (Lipinski definition) is 5. The summed E-state index contributed by atoms with van der Waals surface area (Å²) in [7, 11) is 0. The molecule has 0 saturated carbocycles. The smallest absolute Gasteiger partial charge is 0.405 e. The number of primary amides is 1. The third kappa shape index (κ3) is 2.69. The highest BCUT2D eigenvalue weighted by Gasteiger charge is 2.22. The number of rotatable bonds is 3. The molecule has 0 aliphatic heterocycles. The number of hydrogen-bond donors (Lipinski definition) is 2. The molecular weight excluding hydrogens is 341 g/mol. The molecule has 0 bridgehead atoms. The molecule has 0 unspecified atom stereocenters. The number of carbonyl (C=O) groups excluding carboxylic acids is 1. The summed E-state index contributed by atoms with van der Waals surface area (Å²) >= 11 is 5.99. The zero-order chi connectivity index (χ0) is 17.4. The quantitative estimate of drug-likeness (QED) is 0.749. The average Bonchev–Trinajstić information content (AvgIpc) is 3.01. The van der Waals surface area contributed by atoms with Crippen molar-refractivity contribution in [3.05, 3.63) is 51.4 Å². The Morgan fingerprint density at radius 3 is 2.88 bits per heavy atom. The maximum absolute atomic E-state index is 13.6. The first-order chi connectivity index (χ1) is 11.4. The zero-order valence-electron chi connectivity index (χ0n) is 12.3. The third-order valence-corrected chi connectivity index (χ3v) is 3.58. The normalized spacial score (nSPS) is 12.3. The summed E-state index contributed by atoms with van der Waals surface area (Å²) in [6.45, 7) is 1.49. The van der Waals surface area contributed by atoms with E-state index in [1.807, 2.05) is 0 Å². The molecule has 0 aliphatic rings. The van der Waals surface area contributed by atoms with Crippen molar-refractivity contribution < 1.29 is 13.9 Å². The topological polar surface area (TPSA) is 116 Å². The van der Waals surface area contributed by atoms with Crippen LogP contribution >= 0.6 is 11.6 Å². The van der Waals surface area contributed by atoms with E-state index in [1.165, 1.54) is 19.2 Å². The fraction of sp³-hybridized carbons (Fsp3) is 0.143. The Morgan fingerprint density at radius 1 is 1.50 bits per heavy atom. The number of nitrogens with zero attached hydrogens (tertiary/aromatic N) is 3. The lowest BCUT2D eigenvalue weighted by Gasteiger charge is -2.17. The van der Waals surface area contributed by atoms with Gasteiger partial charge in [-0.3, -0.25) is 9.89 Å². The number of H-pyrrole nitrogens is 1. The van der Waals surface area contributed by atoms with Gasteiger partial charge < -0.3 is 10.5 Å². The van der Waals surface area contributed by atoms with Crippen molar-refractivity contribution in [2.75, 3.05) is 0 Å². The first kappa shape index (κ1) is 15.9. The van der Waals surface area contributed by atoms with Crippen molar-refractivity contribution >= 4 is 28.6 Å². The lowest BCUT2D eigenvalue weighted by atomic mass is 10.2. The summed E-state index contributed by atoms with van der Waals surface area (Å²) in [5.41, 5.74) is 4.51. The van der Waals surface area contributed by atoms with Crippen molar-refractivity contribution in [3.8, 4) is 5.82 Å². The minimum atomic E-state index is -1.03. The van der Waals surface area contributed by atoms with Crippen LogP contribution < -0.4 is 11.3 Å². The fourth-order valence-electron chi connectivity index (χ4n) is 2.33. The summed E-state index contributed by atoms with van der Waals surface area (Å²) in [5, 5.41) is 6.42. The van der Waals surface area contributed by atoms with E-state index in [0.29, 0.717) is 0 Å². The minimum Gasteiger partial charge on any atom is -0.439 e. The number of aromatic nitrogens is 4. The monoisotopic (exact) mass is 351 g/mol. The van der Waals surface area contributed by atoms with Crippen molar-refractivity contribution in [2.24, 2.45) is 5.73 Å². The minimum absolute atomic E-state index is 0.0296. The molecule has 3 aromatic rings. The van der Waals surface area contributed by atoms with Crippen LogP contribution in [0.4, 0.5) is 9.18 Å². The maximum Gasteiger partial charge on any atom is 0.405 e. The molecule has 24 heavy (non-hydrogen) atoms. The van der Waals surface area contributed by atoms with Crippen LogP contribution in [0.2, 0.25) is 5.02 Å². The zero-order valence-corrected chi connectivity index (χ0v) is 13.0. The van der Waals surface area contributed by atoms with E-state index in [2.05, 4.69) is 15.2 Å². The summed E-state index contributed by atoms with van der Waals surface area (Å²) in [6, 6.07) is 3.58. The predicted octanol–water partition coefficient (Wildman–Crippen LogP) is 2.06. The lowest BCUT2D eigenvalue weighted by Crippen LogP contribution is -2.28. The summed E-state index contributed by atoms with van der Waals surface area (Å²) < 4.78 is 19.6. The number of nitrogens with one attached hydrogen (secondary N) is 1. The Labute approximate surface area is 139 Å². The van der Waals surface area contributed by atoms with E-state index in [1.54, 1.807) is 0 Å². The Bertz CT molecular complexity index is 986. The van der Waals surface area contributed by atoms with Gasteiger partial charge >= 0.3 is 6.09 Å². The molecule has 0 radical (unpaired) electrons. The van der Waals surface area contributed by atoms with Crippen LogP contribution in [0, 0.1) is 5.82 Å². The lowest BCUT2D eigenvalue weighted by molar-refractivity contribution is 0.110. The Morgan fingerprint density at radius 2 is 2.25 bits per heavy atom. The molecule has 0 aliphatic carbocycles. The number of amides is 1. The first-order valence-electron chi connectivity index (χ1n) is 6.76. The molecule has 0 saturated heterocycles. The average molecular weight is 352 g/mol. The number of aromatic amines is 1. The fourth-order valence-corrected chi connectivity index (χ4v) is 2.58. The van der Waals surface area contributed by atoms with Gasteiger partial charge in [0.2, 0.25) is 0 Å². The van der Waals surface area contributed by atoms with E-state index in [0.717, 1.165) is 16.7 Å². The Hall–Kier alpha value is -2.94. The van der Waals surface area contributed by atoms with Crippen LogP contribution in [0.15, 0.2) is 29.2 Å². The van der Waals surface area contributed by atoms with E-state index < -0.39 is 23.6 Å². The van der Waals surface area contributed by atoms with Crippen LogP contribution in [0.25, 0.3) is 16.7 Å². The highest BCUT2D eigenvalue weighted by atomic mass is 35.5. The van der Waals surface area contributed by atoms with E-state index in [4.69, 9.17) is 22.1 Å². The van der Waals surface area contributed by atoms with Gasteiger partial charge in [0.05, 0.1) is 15.9 Å². The third-order valence-electron chi connectivity index (χ3n) is 3.29. The summed E-state index contributed by atoms with van der Waals surface area (Å²) in [5.74, 6) is -0.425. The molecule has 1 amide bonds. The van der Waals surface area contributed by atoms with Crippen LogP contribution in [-0.4, -0.2) is 25.8 Å². The van der Waals surface area contributed by atoms with Crippen molar-refractivity contribution in [1.82, 2.24) is 19.7 Å². The van der Waals surface area contributed by atoms with E-state index in [-0.39, 0.29) is 27.6 Å². The van der Waals surface area contributed by atoms with E-state index >= 15 is 0 Å². The summed E-state index contributed by atoms with van der Waals surface area (Å²) in [6.07, 6.45) is -0.499. The number of fused-ring (bicyclic) bond motifs is 1. The maximum atomic E-state index is 13.6. The molecule has 0 fully saturated rings. The molecule has 8 nitrogen and oxygen atoms in total. The molecule has 2 heterocycles. The molecule has 1 atom stereocenters. The largest absolute Gasteiger partial charge is 0.439 e. The first-order valence-corrected chi connectivity index (χ1v) is 7.14. The predicted molar refractivity (Wildman–Crippen MR) is 83.5 cm³/mol. The molecule has 10 heteroatoms. The molecule has 1 aromatic carbocycles. The van der Waals surface area contributed by atoms with Gasteiger partial charge in [0.1, 0.15) is 5.82 Å². The number of nitrogens with two attached hydrogens (primary N) is 1. The second-order valence-electron chi connectivity index (χ2n) is 4.91. The SMILES string of the molecule is C[C@H](OC(N)=O)c1nc2c(Cl)cc(F)cc2c(=O)n1-c1cc[nH]n1. The van der Waals surface area contributed by atoms with Gasteiger partial charge in [0, 0.05) is 12.3 Å². The van der Waals surface area contributed by atoms with E-state index in [9.17, 15) is 14.0 Å². The van der Waals surface area contributed by atoms with Crippen LogP contribution in [-0.2, 0) is 4.74 Å². The Kier molecular flexibility index (Phi) is 3.94. The van der Waals surface area contributed by atoms with Crippen molar-refractivity contribution in [1.29, 1.82) is 0 Å². The molecular formula is C14H11ClFN5O3.